The second-order valence-corrected chi connectivity index (χ2v) is 39.4. The minimum atomic E-state index is -0.410. The molecule has 1 fully saturated rings. The molecular weight excluding hydrogens is 2450 g/mol. The first-order valence-corrected chi connectivity index (χ1v) is 50.4. The van der Waals surface area contributed by atoms with Crippen LogP contribution >= 0.6 is 168 Å². The Labute approximate surface area is 1010 Å². The number of fused-ring (bicyclic) bond motifs is 5. The molecule has 0 aliphatic carbocycles. The number of hydrogen-bond donors (Lipinski definition) is 1. The van der Waals surface area contributed by atoms with Crippen molar-refractivity contribution in [1.29, 1.82) is 0 Å². The van der Waals surface area contributed by atoms with Crippen molar-refractivity contribution in [2.75, 3.05) is 14.2 Å². The van der Waals surface area contributed by atoms with E-state index in [0.29, 0.717) is 117 Å². The van der Waals surface area contributed by atoms with Crippen LogP contribution < -0.4 is 139 Å². The molecule has 35 heteroatoms. The zero-order valence-corrected chi connectivity index (χ0v) is 99.8. The summed E-state index contributed by atoms with van der Waals surface area (Å²) in [5, 5.41) is 27.3. The molecule has 0 bridgehead atoms. The third kappa shape index (κ3) is 33.3. The topological polar surface area (TPSA) is 223 Å². The van der Waals surface area contributed by atoms with Crippen molar-refractivity contribution in [3.8, 4) is 85.1 Å². The molecule has 147 heavy (non-hydrogen) atoms. The monoisotopic (exact) mass is 2520 g/mol. The molecule has 1 saturated heterocycles. The van der Waals surface area contributed by atoms with Crippen molar-refractivity contribution in [1.82, 2.24) is 29.9 Å². The number of furan rings is 3. The summed E-state index contributed by atoms with van der Waals surface area (Å²) in [6.07, 6.45) is 9.51. The first kappa shape index (κ1) is 120. The molecule has 0 saturated carbocycles. The van der Waals surface area contributed by atoms with E-state index in [-0.39, 0.29) is 157 Å². The van der Waals surface area contributed by atoms with Crippen LogP contribution in [0.5, 0.6) is 17.2 Å². The Morgan fingerprint density at radius 3 is 1.21 bits per heavy atom. The Kier molecular flexibility index (Phi) is 47.8. The van der Waals surface area contributed by atoms with Crippen LogP contribution in [0.1, 0.15) is 40.5 Å². The summed E-state index contributed by atoms with van der Waals surface area (Å²) in [5.41, 5.74) is 9.97. The Hall–Kier alpha value is -8.50. The Morgan fingerprint density at radius 2 is 0.789 bits per heavy atom. The zero-order valence-electron chi connectivity index (χ0n) is 80.8. The van der Waals surface area contributed by atoms with Crippen molar-refractivity contribution in [3.63, 3.8) is 0 Å². The van der Waals surface area contributed by atoms with Gasteiger partial charge in [-0.25, -0.2) is 33.1 Å². The molecule has 0 unspecified atom stereocenters. The zero-order chi connectivity index (χ0) is 104. The number of hydrogen-bond acceptors (Lipinski definition) is 17. The van der Waals surface area contributed by atoms with Gasteiger partial charge in [0, 0.05) is 98.0 Å². The summed E-state index contributed by atoms with van der Waals surface area (Å²) in [7, 11) is 2.77. The molecular formula is C112H84BBr4Cl7F3IK2N6O11. The quantitative estimate of drug-likeness (QED) is 0.0283. The van der Waals surface area contributed by atoms with E-state index in [9.17, 15) is 18.3 Å². The number of benzene rings is 14. The van der Waals surface area contributed by atoms with Gasteiger partial charge < -0.3 is 48.7 Å². The molecule has 738 valence electrons. The minimum absolute atomic E-state index is 0. The molecule has 1 aliphatic rings. The number of carbonyl (C=O) groups is 1. The van der Waals surface area contributed by atoms with Crippen molar-refractivity contribution in [2.24, 2.45) is 0 Å². The number of rotatable bonds is 13. The maximum atomic E-state index is 13.9. The maximum Gasteiger partial charge on any atom is 1.00 e. The van der Waals surface area contributed by atoms with Gasteiger partial charge >= 0.3 is 110 Å². The number of aromatic hydroxyl groups is 1. The van der Waals surface area contributed by atoms with Gasteiger partial charge in [0.2, 0.25) is 5.28 Å². The second-order valence-electron chi connectivity index (χ2n) is 31.8. The van der Waals surface area contributed by atoms with Gasteiger partial charge in [-0.3, -0.25) is 4.79 Å². The molecule has 14 aromatic carbocycles. The normalized spacial score (nSPS) is 12.1. The Balaban J connectivity index is 0.000000191. The largest absolute Gasteiger partial charge is 1.00 e. The predicted octanol–water partition coefficient (Wildman–Crippen LogP) is 25.8. The number of methoxy groups -OCH3 is 2. The third-order valence-corrected chi connectivity index (χ3v) is 26.4. The average molecular weight is 2530 g/mol. The number of carbonyl (C=O) groups excluding carboxylic acids is 1. The van der Waals surface area contributed by atoms with E-state index in [1.807, 2.05) is 300 Å². The fourth-order valence-corrected chi connectivity index (χ4v) is 17.2. The first-order chi connectivity index (χ1) is 69.6. The maximum absolute atomic E-state index is 13.9. The number of nitrogens with zero attached hydrogens (tertiary/aromatic N) is 6. The van der Waals surface area contributed by atoms with Crippen molar-refractivity contribution < 1.29 is 169 Å². The van der Waals surface area contributed by atoms with Crippen LogP contribution in [0.25, 0.3) is 143 Å². The van der Waals surface area contributed by atoms with Crippen LogP contribution in [-0.4, -0.2) is 74.0 Å². The fourth-order valence-electron chi connectivity index (χ4n) is 14.0. The summed E-state index contributed by atoms with van der Waals surface area (Å²) in [5.74, 6) is 5.10. The summed E-state index contributed by atoms with van der Waals surface area (Å²) in [6, 6.07) is 92.5. The molecule has 17 nitrogen and oxygen atoms in total. The Bertz CT molecular complexity index is 7960. The van der Waals surface area contributed by atoms with Gasteiger partial charge in [-0.05, 0) is 178 Å². The predicted molar refractivity (Wildman–Crippen MR) is 603 cm³/mol. The third-order valence-electron chi connectivity index (χ3n) is 21.6. The Morgan fingerprint density at radius 1 is 0.422 bits per heavy atom. The van der Waals surface area contributed by atoms with Gasteiger partial charge in [-0.15, -0.1) is 0 Å². The molecule has 0 amide bonds. The van der Waals surface area contributed by atoms with Crippen LogP contribution in [0.3, 0.4) is 0 Å². The number of aryl methyl sites for hydroxylation is 1. The van der Waals surface area contributed by atoms with E-state index in [2.05, 4.69) is 107 Å². The van der Waals surface area contributed by atoms with E-state index in [1.165, 1.54) is 25.3 Å². The number of aromatic nitrogens is 6. The summed E-state index contributed by atoms with van der Waals surface area (Å²) < 4.78 is 83.0. The first-order valence-electron chi connectivity index (χ1n) is 43.5. The van der Waals surface area contributed by atoms with Gasteiger partial charge in [0.15, 0.2) is 45.9 Å². The van der Waals surface area contributed by atoms with Gasteiger partial charge in [0.1, 0.15) is 51.1 Å². The summed E-state index contributed by atoms with van der Waals surface area (Å²) >= 11 is 56.9. The molecule has 1 N–H and O–H groups in total. The number of halogens is 15. The fraction of sp³-hybridized carbons (Fsp3) is 0.0804. The van der Waals surface area contributed by atoms with E-state index >= 15 is 0 Å². The number of allylic oxidation sites excluding steroid dienone is 2. The molecule has 20 rings (SSSR count). The van der Waals surface area contributed by atoms with E-state index in [1.54, 1.807) is 86.0 Å². The van der Waals surface area contributed by atoms with Crippen molar-refractivity contribution in [2.45, 2.75) is 45.8 Å². The molecule has 0 radical (unpaired) electrons. The number of phenols is 1. The molecule has 6 heterocycles. The van der Waals surface area contributed by atoms with Gasteiger partial charge in [0.25, 0.3) is 6.47 Å². The average Bonchev–Trinajstić information content (AvgIpc) is 1.63. The van der Waals surface area contributed by atoms with Crippen molar-refractivity contribution in [3.05, 3.63) is 428 Å². The van der Waals surface area contributed by atoms with Crippen LogP contribution in [0, 0.1) is 27.9 Å². The van der Waals surface area contributed by atoms with Crippen molar-refractivity contribution >= 4 is 256 Å². The second kappa shape index (κ2) is 58.4. The molecule has 19 aromatic rings. The van der Waals surface area contributed by atoms with Gasteiger partial charge in [-0.2, -0.15) is 9.97 Å². The van der Waals surface area contributed by atoms with Crippen LogP contribution in [-0.2, 0) is 19.0 Å². The SMILES string of the molecule is C=c1oc2c(Cl)cccc2/c1=C/C=C/B1OC(C)(C)C(C)(C)O1.C=c1oc2c(Cl)cccc2/c1=C/C=C/c1nc(-c2ccccc2)nc(-c2ccccc2)n1.COc1c(C)cccc1Cl.COc1c(Cl)cccc1-c1ccc(Br)cc1F.Clc1cccc2c1oc1cc(Br)ccc12.Clc1nc(-c2ccccc2)nc(-c2ccccc2)n1.Fc1cc(Br)ccc1I.O=CO[O-].Oc1c(Cl)cccc1-c1ccc(Br)cc1F.[H-].[K+].[K+]. The standard InChI is InChI=1S/C27H18ClN3O.C18H20BClO3.C15H10ClN3.C13H9BrClFO.C12H7BrClFO.C12H6BrClO.C8H9ClO.C6H3BrFI.CH2O3.2K.H/c1-18-21(22-15-8-16-23(28)25(22)32-18)14-9-17-24-29-26(19-10-4-2-5-11-19)31-27(30-24)20-12-6-3-7-13-20;1-12-13(14-8-6-10-15(20)16(14)21-12)9-7-11-19-22-17(2,3)18(4,5)23-19;16-15-18-13(11-7-3-1-4-8-11)17-14(19-15)12-9-5-2-6-10-12;1-17-13-10(3-2-4-11(13)15)9-6-5-8(14)7-12(9)16;13-7-4-5-8(11(15)6-7)9-2-1-3-10(14)12(9)16;13-7-4-5-8-9-2-1-3-10(14)12(9)15-11(8)6-7;1-6-4-3-5-7(9)8(6)10-2;7-4-1-2-6(9)5(8)3-4;2-1-4-3;;;/h2-17H,1H2;6-11H,1H2,2-5H3;1-10H;2-7H,1H3;1-6,16H;1-6H;3-5H,1-2H3;1-3H;1,3H;;;/q;;;;;;;;;2*+1;-1/p-1/b17-9+,21-14+;11-7+,13-9+;;;;;;;;;;. The number of para-hydroxylation sites is 6. The van der Waals surface area contributed by atoms with Gasteiger partial charge in [-0.1, -0.05) is 383 Å². The minimum Gasteiger partial charge on any atom is -1.00 e. The van der Waals surface area contributed by atoms with Crippen LogP contribution in [0.15, 0.2) is 353 Å². The molecule has 0 atom stereocenters. The smallest absolute Gasteiger partial charge is 1.00 e. The summed E-state index contributed by atoms with van der Waals surface area (Å²) in [6.45, 7) is 17.9. The van der Waals surface area contributed by atoms with E-state index < -0.39 is 5.82 Å². The molecule has 1 aliphatic heterocycles. The van der Waals surface area contributed by atoms with Crippen LogP contribution in [0.4, 0.5) is 13.2 Å². The number of ether oxygens (including phenoxy) is 2. The summed E-state index contributed by atoms with van der Waals surface area (Å²) in [4.78, 5) is 38.1. The molecule has 0 spiro atoms. The molecule has 5 aromatic heterocycles. The number of phenolic OH excluding ortho intramolecular Hbond substituents is 1. The van der Waals surface area contributed by atoms with E-state index in [4.69, 9.17) is 128 Å². The van der Waals surface area contributed by atoms with E-state index in [0.717, 1.165) is 85.7 Å². The van der Waals surface area contributed by atoms with Gasteiger partial charge in [0.05, 0.1) is 55.6 Å². The van der Waals surface area contributed by atoms with Crippen LogP contribution in [0.2, 0.25) is 35.4 Å².